The first-order valence-electron chi connectivity index (χ1n) is 4.65. The summed E-state index contributed by atoms with van der Waals surface area (Å²) in [5.74, 6) is -0.794. The van der Waals surface area contributed by atoms with Crippen LogP contribution < -0.4 is 5.73 Å². The molecule has 0 aliphatic heterocycles. The minimum Gasteiger partial charge on any atom is -0.388 e. The van der Waals surface area contributed by atoms with Gasteiger partial charge < -0.3 is 10.8 Å². The Morgan fingerprint density at radius 2 is 2.27 bits per heavy atom. The van der Waals surface area contributed by atoms with E-state index in [0.29, 0.717) is 11.3 Å². The lowest BCUT2D eigenvalue weighted by atomic mass is 9.86. The lowest BCUT2D eigenvalue weighted by Gasteiger charge is -2.26. The quantitative estimate of drug-likeness (QED) is 0.730. The number of hydrogen-bond donors (Lipinski definition) is 2. The molecule has 0 amide bonds. The van der Waals surface area contributed by atoms with Gasteiger partial charge in [0.1, 0.15) is 0 Å². The maximum Gasteiger partial charge on any atom is 0.241 e. The lowest BCUT2D eigenvalue weighted by molar-refractivity contribution is 0.0291. The number of nitrogen functional groups attached to an aromatic ring is 1. The van der Waals surface area contributed by atoms with Crippen LogP contribution >= 0.6 is 0 Å². The van der Waals surface area contributed by atoms with Gasteiger partial charge in [0, 0.05) is 17.7 Å². The Morgan fingerprint density at radius 1 is 1.53 bits per heavy atom. The van der Waals surface area contributed by atoms with Crippen LogP contribution in [0, 0.1) is 5.92 Å². The summed E-state index contributed by atoms with van der Waals surface area (Å²) in [6.45, 7) is 0. The van der Waals surface area contributed by atoms with Gasteiger partial charge in [0.15, 0.2) is 0 Å². The van der Waals surface area contributed by atoms with Crippen LogP contribution in [0.25, 0.3) is 0 Å². The Hall–Kier alpha value is -1.30. The Labute approximate surface area is 85.2 Å². The van der Waals surface area contributed by atoms with Crippen molar-refractivity contribution in [2.75, 3.05) is 5.73 Å². The Bertz CT molecular complexity index is 372. The van der Waals surface area contributed by atoms with Crippen molar-refractivity contribution in [2.24, 2.45) is 5.92 Å². The number of anilines is 1. The third-order valence-corrected chi connectivity index (χ3v) is 2.62. The highest BCUT2D eigenvalue weighted by atomic mass is 19.3. The van der Waals surface area contributed by atoms with Gasteiger partial charge in [0.2, 0.25) is 12.4 Å². The zero-order valence-electron chi connectivity index (χ0n) is 7.90. The smallest absolute Gasteiger partial charge is 0.241 e. The second kappa shape index (κ2) is 3.69. The van der Waals surface area contributed by atoms with Gasteiger partial charge in [0.25, 0.3) is 0 Å². The Kier molecular flexibility index (Phi) is 2.52. The maximum atomic E-state index is 12.5. The highest BCUT2D eigenvalue weighted by molar-refractivity contribution is 5.29. The minimum absolute atomic E-state index is 0.0517. The number of aliphatic hydroxyl groups is 1. The van der Waals surface area contributed by atoms with Crippen molar-refractivity contribution in [3.63, 3.8) is 0 Å². The zero-order valence-corrected chi connectivity index (χ0v) is 7.90. The van der Waals surface area contributed by atoms with Crippen molar-refractivity contribution in [2.45, 2.75) is 25.4 Å². The standard InChI is InChI=1S/C9H11F2N3O/c10-8(11)4-1-6-5(7(15)2-4)3-13-9(12)14-6/h3-4,7-8,15H,1-2H2,(H2,12,13,14)/t4-,7-/m1/s1. The largest absolute Gasteiger partial charge is 0.388 e. The van der Waals surface area contributed by atoms with Crippen LogP contribution in [0.1, 0.15) is 23.8 Å². The topological polar surface area (TPSA) is 72.0 Å². The van der Waals surface area contributed by atoms with Gasteiger partial charge in [-0.2, -0.15) is 0 Å². The predicted molar refractivity (Wildman–Crippen MR) is 49.2 cm³/mol. The molecule has 1 heterocycles. The first kappa shape index (κ1) is 10.2. The van der Waals surface area contributed by atoms with Crippen molar-refractivity contribution in [3.05, 3.63) is 17.5 Å². The molecule has 0 spiro atoms. The molecule has 0 radical (unpaired) electrons. The fourth-order valence-electron chi connectivity index (χ4n) is 1.82. The number of aromatic nitrogens is 2. The number of fused-ring (bicyclic) bond motifs is 1. The minimum atomic E-state index is -2.44. The van der Waals surface area contributed by atoms with Gasteiger partial charge in [-0.3, -0.25) is 0 Å². The number of aliphatic hydroxyl groups excluding tert-OH is 1. The number of nitrogens with zero attached hydrogens (tertiary/aromatic N) is 2. The molecule has 6 heteroatoms. The van der Waals surface area contributed by atoms with Crippen LogP contribution in [0.4, 0.5) is 14.7 Å². The van der Waals surface area contributed by atoms with Crippen LogP contribution in [-0.2, 0) is 6.42 Å². The van der Waals surface area contributed by atoms with E-state index in [9.17, 15) is 13.9 Å². The van der Waals surface area contributed by atoms with Crippen LogP contribution in [0.2, 0.25) is 0 Å². The van der Waals surface area contributed by atoms with E-state index in [0.717, 1.165) is 0 Å². The summed E-state index contributed by atoms with van der Waals surface area (Å²) in [5, 5.41) is 9.62. The van der Waals surface area contributed by atoms with E-state index in [2.05, 4.69) is 9.97 Å². The fourth-order valence-corrected chi connectivity index (χ4v) is 1.82. The van der Waals surface area contributed by atoms with Gasteiger partial charge in [0.05, 0.1) is 11.8 Å². The molecule has 0 fully saturated rings. The molecule has 2 atom stereocenters. The van der Waals surface area contributed by atoms with Crippen LogP contribution in [0.3, 0.4) is 0 Å². The second-order valence-electron chi connectivity index (χ2n) is 3.68. The van der Waals surface area contributed by atoms with E-state index < -0.39 is 18.4 Å². The maximum absolute atomic E-state index is 12.5. The monoisotopic (exact) mass is 215 g/mol. The van der Waals surface area contributed by atoms with Crippen molar-refractivity contribution < 1.29 is 13.9 Å². The molecule has 0 unspecified atom stereocenters. The van der Waals surface area contributed by atoms with E-state index in [1.165, 1.54) is 6.20 Å². The molecule has 1 aliphatic carbocycles. The molecule has 1 aromatic heterocycles. The van der Waals surface area contributed by atoms with Crippen LogP contribution in [0.15, 0.2) is 6.20 Å². The number of hydrogen-bond acceptors (Lipinski definition) is 4. The average Bonchev–Trinajstić information content (AvgIpc) is 2.16. The van der Waals surface area contributed by atoms with Crippen molar-refractivity contribution in [1.29, 1.82) is 0 Å². The normalized spacial score (nSPS) is 25.3. The molecule has 0 bridgehead atoms. The number of nitrogens with two attached hydrogens (primary N) is 1. The van der Waals surface area contributed by atoms with E-state index in [1.54, 1.807) is 0 Å². The first-order chi connectivity index (χ1) is 7.08. The Morgan fingerprint density at radius 3 is 2.93 bits per heavy atom. The molecule has 3 N–H and O–H groups in total. The molecule has 15 heavy (non-hydrogen) atoms. The van der Waals surface area contributed by atoms with Gasteiger partial charge >= 0.3 is 0 Å². The molecular formula is C9H11F2N3O. The van der Waals surface area contributed by atoms with Crippen molar-refractivity contribution >= 4 is 5.95 Å². The molecular weight excluding hydrogens is 204 g/mol. The fraction of sp³-hybridized carbons (Fsp3) is 0.556. The molecule has 0 saturated carbocycles. The van der Waals surface area contributed by atoms with E-state index in [-0.39, 0.29) is 18.8 Å². The summed E-state index contributed by atoms with van der Waals surface area (Å²) >= 11 is 0. The highest BCUT2D eigenvalue weighted by Gasteiger charge is 2.32. The third-order valence-electron chi connectivity index (χ3n) is 2.62. The predicted octanol–water partition coefficient (Wildman–Crippen LogP) is 0.920. The summed E-state index contributed by atoms with van der Waals surface area (Å²) in [6, 6.07) is 0. The molecule has 4 nitrogen and oxygen atoms in total. The molecule has 0 saturated heterocycles. The summed E-state index contributed by atoms with van der Waals surface area (Å²) in [7, 11) is 0. The van der Waals surface area contributed by atoms with Crippen molar-refractivity contribution in [3.8, 4) is 0 Å². The lowest BCUT2D eigenvalue weighted by Crippen LogP contribution is -2.25. The van der Waals surface area contributed by atoms with Crippen LogP contribution in [-0.4, -0.2) is 21.5 Å². The van der Waals surface area contributed by atoms with Gasteiger partial charge in [-0.05, 0) is 12.8 Å². The second-order valence-corrected chi connectivity index (χ2v) is 3.68. The van der Waals surface area contributed by atoms with Gasteiger partial charge in [-0.15, -0.1) is 0 Å². The molecule has 82 valence electrons. The molecule has 1 aromatic rings. The average molecular weight is 215 g/mol. The van der Waals surface area contributed by atoms with Crippen LogP contribution in [0.5, 0.6) is 0 Å². The number of alkyl halides is 2. The van der Waals surface area contributed by atoms with Gasteiger partial charge in [-0.1, -0.05) is 0 Å². The molecule has 2 rings (SSSR count). The van der Waals surface area contributed by atoms with Gasteiger partial charge in [-0.25, -0.2) is 18.7 Å². The molecule has 0 aromatic carbocycles. The zero-order chi connectivity index (χ0) is 11.0. The highest BCUT2D eigenvalue weighted by Crippen LogP contribution is 2.34. The summed E-state index contributed by atoms with van der Waals surface area (Å²) in [6.07, 6.45) is -1.74. The Balaban J connectivity index is 2.33. The summed E-state index contributed by atoms with van der Waals surface area (Å²) in [5.41, 5.74) is 6.31. The SMILES string of the molecule is Nc1ncc2c(n1)C[C@@H](C(F)F)C[C@H]2O. The summed E-state index contributed by atoms with van der Waals surface area (Å²) < 4.78 is 25.0. The third kappa shape index (κ3) is 1.90. The first-order valence-corrected chi connectivity index (χ1v) is 4.65. The van der Waals surface area contributed by atoms with Crippen molar-refractivity contribution in [1.82, 2.24) is 9.97 Å². The number of rotatable bonds is 1. The number of halogens is 2. The van der Waals surface area contributed by atoms with E-state index in [1.807, 2.05) is 0 Å². The summed E-state index contributed by atoms with van der Waals surface area (Å²) in [4.78, 5) is 7.60. The van der Waals surface area contributed by atoms with E-state index in [4.69, 9.17) is 5.73 Å². The molecule has 1 aliphatic rings. The van der Waals surface area contributed by atoms with E-state index >= 15 is 0 Å².